The highest BCUT2D eigenvalue weighted by atomic mass is 127. The van der Waals surface area contributed by atoms with E-state index in [2.05, 4.69) is 46.9 Å². The van der Waals surface area contributed by atoms with Gasteiger partial charge in [-0.2, -0.15) is 0 Å². The van der Waals surface area contributed by atoms with Gasteiger partial charge in [-0.1, -0.05) is 0 Å². The number of rotatable bonds is 8. The summed E-state index contributed by atoms with van der Waals surface area (Å²) in [4.78, 5) is 19.0. The van der Waals surface area contributed by atoms with Gasteiger partial charge in [0.2, 0.25) is 0 Å². The standard InChI is InChI=1S/C18H26N4O2S.HI/c1-4-19-18(22-13(2)12-15-8-7-14(3)25-15)21-10-9-20-17(23)16-6-5-11-24-16;/h5-8,11,13H,4,9-10,12H2,1-3H3,(H,20,23)(H2,19,21,22);1H. The van der Waals surface area contributed by atoms with E-state index in [1.165, 1.54) is 16.0 Å². The molecule has 1 atom stereocenters. The van der Waals surface area contributed by atoms with Gasteiger partial charge in [0, 0.05) is 35.3 Å². The van der Waals surface area contributed by atoms with E-state index in [1.807, 2.05) is 18.3 Å². The summed E-state index contributed by atoms with van der Waals surface area (Å²) >= 11 is 1.82. The highest BCUT2D eigenvalue weighted by Crippen LogP contribution is 2.16. The molecule has 2 heterocycles. The van der Waals surface area contributed by atoms with Crippen LogP contribution in [0.15, 0.2) is 39.9 Å². The largest absolute Gasteiger partial charge is 0.459 e. The van der Waals surface area contributed by atoms with Crippen LogP contribution in [0.1, 0.15) is 34.2 Å². The first-order valence-electron chi connectivity index (χ1n) is 8.50. The van der Waals surface area contributed by atoms with Crippen molar-refractivity contribution in [3.05, 3.63) is 46.0 Å². The van der Waals surface area contributed by atoms with Gasteiger partial charge in [-0.3, -0.25) is 9.79 Å². The number of aryl methyl sites for hydroxylation is 1. The lowest BCUT2D eigenvalue weighted by atomic mass is 10.2. The summed E-state index contributed by atoms with van der Waals surface area (Å²) in [6.07, 6.45) is 2.44. The van der Waals surface area contributed by atoms with Crippen molar-refractivity contribution >= 4 is 47.2 Å². The van der Waals surface area contributed by atoms with Gasteiger partial charge in [-0.15, -0.1) is 35.3 Å². The van der Waals surface area contributed by atoms with Gasteiger partial charge in [0.25, 0.3) is 5.91 Å². The maximum atomic E-state index is 11.8. The Balaban J connectivity index is 0.00000338. The Morgan fingerprint density at radius 1 is 1.31 bits per heavy atom. The number of aliphatic imine (C=N–C) groups is 1. The average Bonchev–Trinajstić information content (AvgIpc) is 3.23. The first kappa shape index (κ1) is 22.5. The summed E-state index contributed by atoms with van der Waals surface area (Å²) in [5.74, 6) is 0.851. The Hall–Kier alpha value is -1.55. The molecule has 2 aromatic heterocycles. The van der Waals surface area contributed by atoms with Crippen molar-refractivity contribution in [2.24, 2.45) is 4.99 Å². The number of nitrogens with zero attached hydrogens (tertiary/aromatic N) is 1. The summed E-state index contributed by atoms with van der Waals surface area (Å²) in [6, 6.07) is 7.92. The molecule has 0 spiro atoms. The van der Waals surface area contributed by atoms with Crippen LogP contribution in [0, 0.1) is 6.92 Å². The minimum atomic E-state index is -0.223. The molecule has 0 fully saturated rings. The number of guanidine groups is 1. The Bertz CT molecular complexity index is 685. The lowest BCUT2D eigenvalue weighted by Crippen LogP contribution is -2.43. The highest BCUT2D eigenvalue weighted by molar-refractivity contribution is 14.0. The molecular formula is C18H27IN4O2S. The Morgan fingerprint density at radius 3 is 2.73 bits per heavy atom. The van der Waals surface area contributed by atoms with Crippen LogP contribution in [0.25, 0.3) is 0 Å². The summed E-state index contributed by atoms with van der Waals surface area (Å²) in [6.45, 7) is 8.02. The van der Waals surface area contributed by atoms with Crippen LogP contribution in [0.4, 0.5) is 0 Å². The average molecular weight is 490 g/mol. The summed E-state index contributed by atoms with van der Waals surface area (Å²) < 4.78 is 5.05. The Kier molecular flexibility index (Phi) is 10.3. The van der Waals surface area contributed by atoms with Crippen molar-refractivity contribution in [2.75, 3.05) is 19.6 Å². The van der Waals surface area contributed by atoms with E-state index < -0.39 is 0 Å². The predicted molar refractivity (Wildman–Crippen MR) is 118 cm³/mol. The Labute approximate surface area is 175 Å². The fraction of sp³-hybridized carbons (Fsp3) is 0.444. The van der Waals surface area contributed by atoms with Crippen LogP contribution in [-0.2, 0) is 6.42 Å². The normalized spacial score (nSPS) is 12.2. The second-order valence-electron chi connectivity index (χ2n) is 5.76. The van der Waals surface area contributed by atoms with E-state index >= 15 is 0 Å². The van der Waals surface area contributed by atoms with Gasteiger partial charge in [-0.05, 0) is 45.0 Å². The molecule has 2 aromatic rings. The van der Waals surface area contributed by atoms with Crippen LogP contribution in [0.3, 0.4) is 0 Å². The van der Waals surface area contributed by atoms with Crippen LogP contribution >= 0.6 is 35.3 Å². The zero-order chi connectivity index (χ0) is 18.1. The van der Waals surface area contributed by atoms with Gasteiger partial charge in [0.15, 0.2) is 11.7 Å². The monoisotopic (exact) mass is 490 g/mol. The number of carbonyl (C=O) groups excluding carboxylic acids is 1. The van der Waals surface area contributed by atoms with Gasteiger partial charge in [0.05, 0.1) is 12.8 Å². The van der Waals surface area contributed by atoms with E-state index in [-0.39, 0.29) is 35.9 Å². The fourth-order valence-corrected chi connectivity index (χ4v) is 3.35. The number of hydrogen-bond acceptors (Lipinski definition) is 4. The molecule has 0 aliphatic rings. The molecule has 6 nitrogen and oxygen atoms in total. The maximum Gasteiger partial charge on any atom is 0.287 e. The number of carbonyl (C=O) groups is 1. The maximum absolute atomic E-state index is 11.8. The second kappa shape index (κ2) is 11.9. The van der Waals surface area contributed by atoms with Crippen molar-refractivity contribution in [3.8, 4) is 0 Å². The molecular weight excluding hydrogens is 463 g/mol. The van der Waals surface area contributed by atoms with E-state index in [9.17, 15) is 4.79 Å². The predicted octanol–water partition coefficient (Wildman–Crippen LogP) is 3.18. The number of furan rings is 1. The third-order valence-corrected chi connectivity index (χ3v) is 4.47. The van der Waals surface area contributed by atoms with Crippen LogP contribution in [-0.4, -0.2) is 37.5 Å². The third-order valence-electron chi connectivity index (χ3n) is 3.44. The smallest absolute Gasteiger partial charge is 0.287 e. The number of thiophene rings is 1. The molecule has 26 heavy (non-hydrogen) atoms. The molecule has 0 aromatic carbocycles. The molecule has 144 valence electrons. The zero-order valence-electron chi connectivity index (χ0n) is 15.4. The van der Waals surface area contributed by atoms with E-state index in [0.29, 0.717) is 18.8 Å². The van der Waals surface area contributed by atoms with Gasteiger partial charge >= 0.3 is 0 Å². The molecule has 0 aliphatic carbocycles. The molecule has 0 aliphatic heterocycles. The number of hydrogen-bond donors (Lipinski definition) is 3. The van der Waals surface area contributed by atoms with E-state index in [4.69, 9.17) is 4.42 Å². The van der Waals surface area contributed by atoms with Crippen molar-refractivity contribution in [1.82, 2.24) is 16.0 Å². The van der Waals surface area contributed by atoms with Crippen LogP contribution in [0.2, 0.25) is 0 Å². The summed E-state index contributed by atoms with van der Waals surface area (Å²) in [5.41, 5.74) is 0. The van der Waals surface area contributed by atoms with Crippen molar-refractivity contribution in [3.63, 3.8) is 0 Å². The summed E-state index contributed by atoms with van der Waals surface area (Å²) in [5, 5.41) is 9.42. The molecule has 2 rings (SSSR count). The zero-order valence-corrected chi connectivity index (χ0v) is 18.5. The van der Waals surface area contributed by atoms with E-state index in [0.717, 1.165) is 18.9 Å². The molecule has 0 saturated heterocycles. The number of halogens is 1. The lowest BCUT2D eigenvalue weighted by Gasteiger charge is -2.17. The minimum absolute atomic E-state index is 0. The molecule has 0 bridgehead atoms. The van der Waals surface area contributed by atoms with Crippen LogP contribution in [0.5, 0.6) is 0 Å². The first-order chi connectivity index (χ1) is 12.1. The Morgan fingerprint density at radius 2 is 2.12 bits per heavy atom. The molecule has 1 amide bonds. The van der Waals surface area contributed by atoms with E-state index in [1.54, 1.807) is 12.1 Å². The molecule has 8 heteroatoms. The van der Waals surface area contributed by atoms with Gasteiger partial charge < -0.3 is 20.4 Å². The lowest BCUT2D eigenvalue weighted by molar-refractivity contribution is 0.0927. The first-order valence-corrected chi connectivity index (χ1v) is 9.32. The highest BCUT2D eigenvalue weighted by Gasteiger charge is 2.09. The third kappa shape index (κ3) is 7.77. The van der Waals surface area contributed by atoms with Crippen LogP contribution < -0.4 is 16.0 Å². The molecule has 0 saturated carbocycles. The number of amides is 1. The fourth-order valence-electron chi connectivity index (χ4n) is 2.33. The minimum Gasteiger partial charge on any atom is -0.459 e. The summed E-state index contributed by atoms with van der Waals surface area (Å²) in [7, 11) is 0. The quantitative estimate of drug-likeness (QED) is 0.230. The van der Waals surface area contributed by atoms with Crippen molar-refractivity contribution < 1.29 is 9.21 Å². The SMILES string of the molecule is CCNC(=NCCNC(=O)c1ccco1)NC(C)Cc1ccc(C)s1.I. The van der Waals surface area contributed by atoms with Gasteiger partial charge in [0.1, 0.15) is 0 Å². The van der Waals surface area contributed by atoms with Crippen molar-refractivity contribution in [1.29, 1.82) is 0 Å². The topological polar surface area (TPSA) is 78.7 Å². The van der Waals surface area contributed by atoms with Gasteiger partial charge in [-0.25, -0.2) is 0 Å². The number of nitrogens with one attached hydrogen (secondary N) is 3. The van der Waals surface area contributed by atoms with Crippen molar-refractivity contribution in [2.45, 2.75) is 33.2 Å². The molecule has 0 radical (unpaired) electrons. The molecule has 1 unspecified atom stereocenters. The molecule has 3 N–H and O–H groups in total. The second-order valence-corrected chi connectivity index (χ2v) is 7.13.